The highest BCUT2D eigenvalue weighted by Crippen LogP contribution is 2.14. The van der Waals surface area contributed by atoms with E-state index in [0.717, 1.165) is 11.3 Å². The Kier molecular flexibility index (Phi) is 7.17. The number of ether oxygens (including phenoxy) is 1. The van der Waals surface area contributed by atoms with E-state index in [1.165, 1.54) is 6.21 Å². The molecule has 0 aliphatic heterocycles. The first-order valence-corrected chi connectivity index (χ1v) is 8.44. The van der Waals surface area contributed by atoms with Crippen molar-refractivity contribution in [3.05, 3.63) is 59.1 Å². The van der Waals surface area contributed by atoms with Crippen LogP contribution < -0.4 is 15.5 Å². The van der Waals surface area contributed by atoms with Crippen molar-refractivity contribution in [3.63, 3.8) is 0 Å². The Bertz CT molecular complexity index is 789. The standard InChI is InChI=1S/C19H20ClN3O3/c1-13(2)26-17-5-3-4-14(10-17)12-21-23-19(25)11-18(24)22-16-8-6-15(20)7-9-16/h3-10,12-13H,11H2,1-2H3,(H,22,24)(H,23,25). The van der Waals surface area contributed by atoms with Crippen LogP contribution in [0.3, 0.4) is 0 Å². The van der Waals surface area contributed by atoms with Crippen LogP contribution in [-0.4, -0.2) is 24.1 Å². The van der Waals surface area contributed by atoms with Crippen molar-refractivity contribution in [2.75, 3.05) is 5.32 Å². The van der Waals surface area contributed by atoms with Gasteiger partial charge in [-0.2, -0.15) is 5.10 Å². The molecule has 0 aliphatic carbocycles. The SMILES string of the molecule is CC(C)Oc1cccc(C=NNC(=O)CC(=O)Nc2ccc(Cl)cc2)c1. The third-order valence-corrected chi connectivity index (χ3v) is 3.33. The normalized spacial score (nSPS) is 10.8. The number of nitrogens with zero attached hydrogens (tertiary/aromatic N) is 1. The van der Waals surface area contributed by atoms with Crippen molar-refractivity contribution in [1.82, 2.24) is 5.43 Å². The molecule has 0 unspecified atom stereocenters. The molecule has 0 saturated heterocycles. The number of hydrogen-bond acceptors (Lipinski definition) is 4. The molecule has 0 saturated carbocycles. The highest BCUT2D eigenvalue weighted by molar-refractivity contribution is 6.30. The van der Waals surface area contributed by atoms with Crippen LogP contribution in [0.1, 0.15) is 25.8 Å². The fourth-order valence-electron chi connectivity index (χ4n) is 2.04. The molecule has 0 atom stereocenters. The summed E-state index contributed by atoms with van der Waals surface area (Å²) < 4.78 is 5.59. The second-order valence-electron chi connectivity index (χ2n) is 5.76. The average Bonchev–Trinajstić information content (AvgIpc) is 2.56. The van der Waals surface area contributed by atoms with Gasteiger partial charge in [0.25, 0.3) is 0 Å². The second-order valence-corrected chi connectivity index (χ2v) is 6.20. The fraction of sp³-hybridized carbons (Fsp3) is 0.211. The van der Waals surface area contributed by atoms with Gasteiger partial charge >= 0.3 is 0 Å². The molecule has 7 heteroatoms. The summed E-state index contributed by atoms with van der Waals surface area (Å²) in [7, 11) is 0. The van der Waals surface area contributed by atoms with Gasteiger partial charge in [-0.25, -0.2) is 5.43 Å². The Balaban J connectivity index is 1.81. The smallest absolute Gasteiger partial charge is 0.249 e. The topological polar surface area (TPSA) is 79.8 Å². The first-order valence-electron chi connectivity index (χ1n) is 8.06. The monoisotopic (exact) mass is 373 g/mol. The Labute approximate surface area is 157 Å². The minimum Gasteiger partial charge on any atom is -0.491 e. The average molecular weight is 374 g/mol. The van der Waals surface area contributed by atoms with Gasteiger partial charge in [0.2, 0.25) is 11.8 Å². The van der Waals surface area contributed by atoms with Crippen molar-refractivity contribution in [3.8, 4) is 5.75 Å². The van der Waals surface area contributed by atoms with E-state index in [1.807, 2.05) is 38.1 Å². The van der Waals surface area contributed by atoms with E-state index >= 15 is 0 Å². The molecule has 0 aromatic heterocycles. The summed E-state index contributed by atoms with van der Waals surface area (Å²) in [6, 6.07) is 13.9. The third kappa shape index (κ3) is 6.94. The lowest BCUT2D eigenvalue weighted by Crippen LogP contribution is -2.24. The van der Waals surface area contributed by atoms with Gasteiger partial charge in [0, 0.05) is 10.7 Å². The zero-order valence-corrected chi connectivity index (χ0v) is 15.3. The van der Waals surface area contributed by atoms with Crippen molar-refractivity contribution in [2.45, 2.75) is 26.4 Å². The number of benzene rings is 2. The molecule has 136 valence electrons. The summed E-state index contributed by atoms with van der Waals surface area (Å²) in [5.41, 5.74) is 3.66. The maximum Gasteiger partial charge on any atom is 0.249 e. The largest absolute Gasteiger partial charge is 0.491 e. The minimum atomic E-state index is -0.512. The predicted octanol–water partition coefficient (Wildman–Crippen LogP) is 3.61. The van der Waals surface area contributed by atoms with Gasteiger partial charge < -0.3 is 10.1 Å². The Hall–Kier alpha value is -2.86. The lowest BCUT2D eigenvalue weighted by Gasteiger charge is -2.09. The number of amides is 2. The van der Waals surface area contributed by atoms with Crippen LogP contribution in [0.2, 0.25) is 5.02 Å². The molecule has 2 amide bonds. The highest BCUT2D eigenvalue weighted by Gasteiger charge is 2.09. The van der Waals surface area contributed by atoms with E-state index < -0.39 is 11.8 Å². The van der Waals surface area contributed by atoms with E-state index in [2.05, 4.69) is 15.8 Å². The van der Waals surface area contributed by atoms with E-state index in [9.17, 15) is 9.59 Å². The van der Waals surface area contributed by atoms with Crippen LogP contribution in [0.4, 0.5) is 5.69 Å². The van der Waals surface area contributed by atoms with E-state index in [1.54, 1.807) is 24.3 Å². The van der Waals surface area contributed by atoms with Crippen LogP contribution in [0.25, 0.3) is 0 Å². The molecule has 2 rings (SSSR count). The predicted molar refractivity (Wildman–Crippen MR) is 103 cm³/mol. The third-order valence-electron chi connectivity index (χ3n) is 3.08. The molecule has 0 bridgehead atoms. The number of hydrazone groups is 1. The van der Waals surface area contributed by atoms with Gasteiger partial charge in [0.05, 0.1) is 12.3 Å². The van der Waals surface area contributed by atoms with E-state index in [-0.39, 0.29) is 12.5 Å². The van der Waals surface area contributed by atoms with Gasteiger partial charge in [-0.05, 0) is 55.8 Å². The highest BCUT2D eigenvalue weighted by atomic mass is 35.5. The van der Waals surface area contributed by atoms with Crippen molar-refractivity contribution < 1.29 is 14.3 Å². The number of carbonyl (C=O) groups is 2. The molecule has 0 spiro atoms. The van der Waals surface area contributed by atoms with Crippen LogP contribution in [0.15, 0.2) is 53.6 Å². The van der Waals surface area contributed by atoms with E-state index in [4.69, 9.17) is 16.3 Å². The number of hydrogen-bond donors (Lipinski definition) is 2. The molecular weight excluding hydrogens is 354 g/mol. The molecule has 2 aromatic carbocycles. The zero-order chi connectivity index (χ0) is 18.9. The molecule has 0 fully saturated rings. The van der Waals surface area contributed by atoms with Gasteiger partial charge in [0.1, 0.15) is 12.2 Å². The number of anilines is 1. The molecule has 6 nitrogen and oxygen atoms in total. The van der Waals surface area contributed by atoms with Crippen LogP contribution in [-0.2, 0) is 9.59 Å². The second kappa shape index (κ2) is 9.58. The zero-order valence-electron chi connectivity index (χ0n) is 14.5. The first kappa shape index (κ1) is 19.5. The number of carbonyl (C=O) groups excluding carboxylic acids is 2. The molecule has 0 radical (unpaired) electrons. The molecule has 0 aliphatic rings. The first-order chi connectivity index (χ1) is 12.4. The summed E-state index contributed by atoms with van der Waals surface area (Å²) in [5, 5.41) is 7.03. The van der Waals surface area contributed by atoms with Gasteiger partial charge in [-0.15, -0.1) is 0 Å². The Morgan fingerprint density at radius 3 is 2.58 bits per heavy atom. The maximum atomic E-state index is 11.8. The molecule has 26 heavy (non-hydrogen) atoms. The minimum absolute atomic E-state index is 0.0704. The fourth-order valence-corrected chi connectivity index (χ4v) is 2.17. The number of halogens is 1. The van der Waals surface area contributed by atoms with Crippen LogP contribution in [0, 0.1) is 0 Å². The lowest BCUT2D eigenvalue weighted by molar-refractivity contribution is -0.126. The van der Waals surface area contributed by atoms with Gasteiger partial charge in [0.15, 0.2) is 0 Å². The van der Waals surface area contributed by atoms with Crippen molar-refractivity contribution in [1.29, 1.82) is 0 Å². The molecular formula is C19H20ClN3O3. The summed E-state index contributed by atoms with van der Waals surface area (Å²) in [6.45, 7) is 3.88. The quantitative estimate of drug-likeness (QED) is 0.442. The van der Waals surface area contributed by atoms with Crippen LogP contribution >= 0.6 is 11.6 Å². The summed E-state index contributed by atoms with van der Waals surface area (Å²) in [4.78, 5) is 23.6. The van der Waals surface area contributed by atoms with Crippen molar-refractivity contribution in [2.24, 2.45) is 5.10 Å². The van der Waals surface area contributed by atoms with Gasteiger partial charge in [-0.1, -0.05) is 23.7 Å². The maximum absolute atomic E-state index is 11.8. The van der Waals surface area contributed by atoms with E-state index in [0.29, 0.717) is 10.7 Å². The number of nitrogens with one attached hydrogen (secondary N) is 2. The molecule has 0 heterocycles. The van der Waals surface area contributed by atoms with Crippen molar-refractivity contribution >= 4 is 35.3 Å². The Morgan fingerprint density at radius 1 is 1.15 bits per heavy atom. The molecule has 2 N–H and O–H groups in total. The number of rotatable bonds is 7. The summed E-state index contributed by atoms with van der Waals surface area (Å²) in [6.07, 6.45) is 1.22. The Morgan fingerprint density at radius 2 is 1.88 bits per heavy atom. The lowest BCUT2D eigenvalue weighted by atomic mass is 10.2. The van der Waals surface area contributed by atoms with Crippen LogP contribution in [0.5, 0.6) is 5.75 Å². The van der Waals surface area contributed by atoms with Gasteiger partial charge in [-0.3, -0.25) is 9.59 Å². The summed E-state index contributed by atoms with van der Waals surface area (Å²) >= 11 is 5.77. The molecule has 2 aromatic rings. The summed E-state index contributed by atoms with van der Waals surface area (Å²) in [5.74, 6) is -0.229.